The van der Waals surface area contributed by atoms with E-state index in [-0.39, 0.29) is 30.2 Å². The summed E-state index contributed by atoms with van der Waals surface area (Å²) in [5.74, 6) is 0.126. The minimum absolute atomic E-state index is 0.0197. The second-order valence-corrected chi connectivity index (χ2v) is 7.39. The van der Waals surface area contributed by atoms with Gasteiger partial charge in [-0.05, 0) is 49.9 Å². The van der Waals surface area contributed by atoms with Gasteiger partial charge in [0.1, 0.15) is 5.82 Å². The van der Waals surface area contributed by atoms with Crippen molar-refractivity contribution in [3.63, 3.8) is 0 Å². The van der Waals surface area contributed by atoms with Crippen molar-refractivity contribution in [3.8, 4) is 0 Å². The van der Waals surface area contributed by atoms with Gasteiger partial charge in [0, 0.05) is 13.1 Å². The van der Waals surface area contributed by atoms with Gasteiger partial charge in [-0.25, -0.2) is 4.39 Å². The predicted molar refractivity (Wildman–Crippen MR) is 105 cm³/mol. The molecular weight excluding hydrogens is 345 g/mol. The zero-order valence-corrected chi connectivity index (χ0v) is 16.5. The first kappa shape index (κ1) is 21.4. The van der Waals surface area contributed by atoms with Gasteiger partial charge in [0.05, 0.1) is 12.6 Å². The van der Waals surface area contributed by atoms with E-state index in [1.165, 1.54) is 44.2 Å². The van der Waals surface area contributed by atoms with Crippen LogP contribution in [0.4, 0.5) is 4.39 Å². The molecule has 0 aliphatic heterocycles. The van der Waals surface area contributed by atoms with E-state index in [9.17, 15) is 14.0 Å². The van der Waals surface area contributed by atoms with Crippen molar-refractivity contribution in [2.45, 2.75) is 58.5 Å². The summed E-state index contributed by atoms with van der Waals surface area (Å²) in [4.78, 5) is 26.5. The number of likely N-dealkylation sites (N-methyl/N-ethyl adjacent to an activating group) is 1. The van der Waals surface area contributed by atoms with Gasteiger partial charge >= 0.3 is 0 Å². The van der Waals surface area contributed by atoms with Gasteiger partial charge in [-0.1, -0.05) is 38.3 Å². The number of carbonyl (C=O) groups is 2. The second-order valence-electron chi connectivity index (χ2n) is 7.39. The molecule has 1 unspecified atom stereocenters. The summed E-state index contributed by atoms with van der Waals surface area (Å²) in [6.45, 7) is 5.64. The highest BCUT2D eigenvalue weighted by atomic mass is 19.1. The zero-order valence-electron chi connectivity index (χ0n) is 16.5. The first-order valence-electron chi connectivity index (χ1n) is 10.0. The molecule has 1 atom stereocenters. The molecule has 5 nitrogen and oxygen atoms in total. The fourth-order valence-corrected chi connectivity index (χ4v) is 3.52. The highest BCUT2D eigenvalue weighted by Gasteiger charge is 2.23. The first-order valence-corrected chi connectivity index (χ1v) is 10.0. The Labute approximate surface area is 161 Å². The monoisotopic (exact) mass is 377 g/mol. The van der Waals surface area contributed by atoms with Gasteiger partial charge in [-0.15, -0.1) is 0 Å². The number of amides is 2. The van der Waals surface area contributed by atoms with Crippen molar-refractivity contribution in [1.29, 1.82) is 0 Å². The number of hydrogen-bond donors (Lipinski definition) is 2. The summed E-state index contributed by atoms with van der Waals surface area (Å²) < 4.78 is 12.9. The highest BCUT2D eigenvalue weighted by Crippen LogP contribution is 2.22. The van der Waals surface area contributed by atoms with E-state index in [0.717, 1.165) is 12.1 Å². The zero-order chi connectivity index (χ0) is 19.6. The molecule has 0 spiro atoms. The normalized spacial score (nSPS) is 16.1. The lowest BCUT2D eigenvalue weighted by atomic mass is 9.89. The van der Waals surface area contributed by atoms with Crippen molar-refractivity contribution in [1.82, 2.24) is 15.5 Å². The Hall–Kier alpha value is -1.95. The molecular formula is C21H32FN3O2. The van der Waals surface area contributed by atoms with Crippen LogP contribution < -0.4 is 10.6 Å². The van der Waals surface area contributed by atoms with Crippen molar-refractivity contribution in [2.75, 3.05) is 19.6 Å². The minimum atomic E-state index is -0.352. The molecule has 1 aromatic carbocycles. The number of nitrogens with one attached hydrogen (secondary N) is 2. The first-order chi connectivity index (χ1) is 13.0. The quantitative estimate of drug-likeness (QED) is 0.696. The van der Waals surface area contributed by atoms with Crippen LogP contribution in [0.15, 0.2) is 24.3 Å². The van der Waals surface area contributed by atoms with E-state index in [1.807, 2.05) is 18.7 Å². The van der Waals surface area contributed by atoms with Gasteiger partial charge < -0.3 is 10.6 Å². The van der Waals surface area contributed by atoms with E-state index < -0.39 is 0 Å². The number of halogens is 1. The average Bonchev–Trinajstić information content (AvgIpc) is 2.70. The van der Waals surface area contributed by atoms with Crippen molar-refractivity contribution < 1.29 is 14.0 Å². The van der Waals surface area contributed by atoms with Gasteiger partial charge in [0.15, 0.2) is 0 Å². The Morgan fingerprint density at radius 2 is 1.81 bits per heavy atom. The molecule has 0 bridgehead atoms. The largest absolute Gasteiger partial charge is 0.354 e. The van der Waals surface area contributed by atoms with Crippen LogP contribution in [-0.4, -0.2) is 42.4 Å². The lowest BCUT2D eigenvalue weighted by Gasteiger charge is -2.28. The van der Waals surface area contributed by atoms with Crippen LogP contribution in [0.3, 0.4) is 0 Å². The van der Waals surface area contributed by atoms with Crippen LogP contribution >= 0.6 is 0 Å². The molecule has 1 aliphatic carbocycles. The Morgan fingerprint density at radius 3 is 2.44 bits per heavy atom. The summed E-state index contributed by atoms with van der Waals surface area (Å²) >= 11 is 0. The molecule has 0 radical (unpaired) electrons. The second kappa shape index (κ2) is 11.0. The number of hydrogen-bond acceptors (Lipinski definition) is 3. The maximum Gasteiger partial charge on any atom is 0.237 e. The molecule has 2 amide bonds. The molecule has 1 saturated carbocycles. The molecule has 1 aliphatic rings. The molecule has 6 heteroatoms. The molecule has 2 N–H and O–H groups in total. The van der Waals surface area contributed by atoms with E-state index in [1.54, 1.807) is 12.1 Å². The van der Waals surface area contributed by atoms with Crippen LogP contribution in [0, 0.1) is 11.7 Å². The Morgan fingerprint density at radius 1 is 1.15 bits per heavy atom. The van der Waals surface area contributed by atoms with E-state index >= 15 is 0 Å². The maximum atomic E-state index is 12.9. The number of benzene rings is 1. The lowest BCUT2D eigenvalue weighted by molar-refractivity contribution is -0.128. The fraction of sp³-hybridized carbons (Fsp3) is 0.619. The fourth-order valence-electron chi connectivity index (χ4n) is 3.52. The number of carbonyl (C=O) groups excluding carboxylic acids is 2. The van der Waals surface area contributed by atoms with Gasteiger partial charge in [0.25, 0.3) is 0 Å². The summed E-state index contributed by atoms with van der Waals surface area (Å²) in [6, 6.07) is 5.69. The van der Waals surface area contributed by atoms with Gasteiger partial charge in [-0.3, -0.25) is 14.5 Å². The molecule has 0 heterocycles. The summed E-state index contributed by atoms with van der Waals surface area (Å²) in [6.07, 6.45) is 6.20. The third-order valence-corrected chi connectivity index (χ3v) is 5.37. The van der Waals surface area contributed by atoms with Crippen LogP contribution in [-0.2, 0) is 16.1 Å². The van der Waals surface area contributed by atoms with Crippen molar-refractivity contribution in [3.05, 3.63) is 35.6 Å². The molecule has 0 saturated heterocycles. The smallest absolute Gasteiger partial charge is 0.237 e. The average molecular weight is 378 g/mol. The third-order valence-electron chi connectivity index (χ3n) is 5.37. The SMILES string of the molecule is CCN(CC(=O)NCc1ccc(F)cc1)C(C)C(=O)NCC1CCCCC1. The molecule has 150 valence electrons. The van der Waals surface area contributed by atoms with Gasteiger partial charge in [0.2, 0.25) is 11.8 Å². The standard InChI is InChI=1S/C21H32FN3O2/c1-3-25(15-20(26)23-13-18-9-11-19(22)12-10-18)16(2)21(27)24-14-17-7-5-4-6-8-17/h9-12,16-17H,3-8,13-15H2,1-2H3,(H,23,26)(H,24,27). The van der Waals surface area contributed by atoms with Crippen molar-refractivity contribution >= 4 is 11.8 Å². The summed E-state index contributed by atoms with van der Waals surface area (Å²) in [7, 11) is 0. The van der Waals surface area contributed by atoms with E-state index in [0.29, 0.717) is 19.0 Å². The number of nitrogens with zero attached hydrogens (tertiary/aromatic N) is 1. The van der Waals surface area contributed by atoms with Crippen LogP contribution in [0.1, 0.15) is 51.5 Å². The maximum absolute atomic E-state index is 12.9. The molecule has 0 aromatic heterocycles. The minimum Gasteiger partial charge on any atom is -0.354 e. The number of rotatable bonds is 9. The summed E-state index contributed by atoms with van der Waals surface area (Å²) in [5.41, 5.74) is 0.839. The molecule has 1 aromatic rings. The Kier molecular flexibility index (Phi) is 8.72. The molecule has 1 fully saturated rings. The van der Waals surface area contributed by atoms with Crippen LogP contribution in [0.25, 0.3) is 0 Å². The van der Waals surface area contributed by atoms with E-state index in [2.05, 4.69) is 10.6 Å². The van der Waals surface area contributed by atoms with E-state index in [4.69, 9.17) is 0 Å². The Bertz CT molecular complexity index is 600. The van der Waals surface area contributed by atoms with Gasteiger partial charge in [-0.2, -0.15) is 0 Å². The van der Waals surface area contributed by atoms with Crippen molar-refractivity contribution in [2.24, 2.45) is 5.92 Å². The molecule has 27 heavy (non-hydrogen) atoms. The van der Waals surface area contributed by atoms with Crippen LogP contribution in [0.5, 0.6) is 0 Å². The summed E-state index contributed by atoms with van der Waals surface area (Å²) in [5, 5.41) is 5.88. The lowest BCUT2D eigenvalue weighted by Crippen LogP contribution is -2.49. The predicted octanol–water partition coefficient (Wildman–Crippen LogP) is 2.85. The molecule has 2 rings (SSSR count). The third kappa shape index (κ3) is 7.29. The Balaban J connectivity index is 1.75. The highest BCUT2D eigenvalue weighted by molar-refractivity contribution is 5.83. The van der Waals surface area contributed by atoms with Crippen LogP contribution in [0.2, 0.25) is 0 Å². The topological polar surface area (TPSA) is 61.4 Å².